The lowest BCUT2D eigenvalue weighted by molar-refractivity contribution is -0.121. The number of amides is 1. The summed E-state index contributed by atoms with van der Waals surface area (Å²) in [6.45, 7) is 0.613. The maximum atomic E-state index is 13.4. The van der Waals surface area contributed by atoms with Crippen molar-refractivity contribution < 1.29 is 17.6 Å². The van der Waals surface area contributed by atoms with Gasteiger partial charge in [-0.15, -0.1) is 0 Å². The van der Waals surface area contributed by atoms with E-state index in [0.717, 1.165) is 9.87 Å². The highest BCUT2D eigenvalue weighted by Gasteiger charge is 2.34. The van der Waals surface area contributed by atoms with Gasteiger partial charge in [-0.05, 0) is 35.7 Å². The lowest BCUT2D eigenvalue weighted by Crippen LogP contribution is -2.52. The molecule has 1 fully saturated rings. The third kappa shape index (κ3) is 5.08. The third-order valence-electron chi connectivity index (χ3n) is 4.47. The van der Waals surface area contributed by atoms with E-state index in [1.54, 1.807) is 30.3 Å². The van der Waals surface area contributed by atoms with Crippen LogP contribution in [-0.2, 0) is 28.1 Å². The fourth-order valence-electron chi connectivity index (χ4n) is 3.03. The van der Waals surface area contributed by atoms with Crippen LogP contribution < -0.4 is 5.32 Å². The molecule has 0 aliphatic carbocycles. The predicted octanol–water partition coefficient (Wildman–Crippen LogP) is 2.55. The van der Waals surface area contributed by atoms with Gasteiger partial charge >= 0.3 is 0 Å². The number of nitrogens with zero attached hydrogens (tertiary/aromatic N) is 2. The van der Waals surface area contributed by atoms with E-state index in [1.807, 2.05) is 6.07 Å². The minimum atomic E-state index is -3.80. The first-order valence-corrected chi connectivity index (χ1v) is 10.6. The molecule has 0 aromatic heterocycles. The van der Waals surface area contributed by atoms with Crippen molar-refractivity contribution in [3.05, 3.63) is 70.5 Å². The second-order valence-corrected chi connectivity index (χ2v) is 8.86. The van der Waals surface area contributed by atoms with E-state index in [4.69, 9.17) is 11.6 Å². The second-order valence-electron chi connectivity index (χ2n) is 6.53. The first kappa shape index (κ1) is 20.7. The minimum absolute atomic E-state index is 0.0673. The van der Waals surface area contributed by atoms with E-state index in [9.17, 15) is 17.6 Å². The van der Waals surface area contributed by atoms with E-state index in [-0.39, 0.29) is 26.2 Å². The summed E-state index contributed by atoms with van der Waals surface area (Å²) >= 11 is 6.06. The highest BCUT2D eigenvalue weighted by Crippen LogP contribution is 2.20. The Hall–Kier alpha value is -2.00. The van der Waals surface area contributed by atoms with Crippen molar-refractivity contribution in [1.29, 1.82) is 0 Å². The Morgan fingerprint density at radius 1 is 1.11 bits per heavy atom. The summed E-state index contributed by atoms with van der Waals surface area (Å²) in [6.07, 6.45) is 0.590. The molecule has 0 atom stereocenters. The zero-order chi connectivity index (χ0) is 20.1. The first-order valence-electron chi connectivity index (χ1n) is 8.86. The monoisotopic (exact) mass is 425 g/mol. The summed E-state index contributed by atoms with van der Waals surface area (Å²) < 4.78 is 41.4. The molecule has 0 spiro atoms. The molecule has 2 aromatic rings. The Balaban J connectivity index is 1.61. The molecule has 6 nitrogen and oxygen atoms in total. The molecule has 9 heteroatoms. The molecule has 1 saturated heterocycles. The van der Waals surface area contributed by atoms with Crippen molar-refractivity contribution in [3.8, 4) is 0 Å². The largest absolute Gasteiger partial charge is 0.351 e. The average molecular weight is 426 g/mol. The number of benzene rings is 2. The van der Waals surface area contributed by atoms with Gasteiger partial charge in [-0.25, -0.2) is 4.39 Å². The summed E-state index contributed by atoms with van der Waals surface area (Å²) in [5.74, 6) is -0.821. The standard InChI is InChI=1S/C19H21ClFN3O3S/c20-18-8-2-1-6-16(18)12-22-19(25)14-24-10-4-9-23(28(24,26)27)13-15-5-3-7-17(21)11-15/h1-3,5-8,11H,4,9-10,12-14H2,(H,22,25). The fourth-order valence-corrected chi connectivity index (χ4v) is 4.87. The van der Waals surface area contributed by atoms with Crippen LogP contribution >= 0.6 is 11.6 Å². The molecule has 2 aromatic carbocycles. The number of carbonyl (C=O) groups is 1. The number of nitrogens with one attached hydrogen (secondary N) is 1. The second kappa shape index (κ2) is 9.00. The zero-order valence-corrected chi connectivity index (χ0v) is 16.7. The molecule has 150 valence electrons. The Labute approximate surface area is 169 Å². The number of hydrogen-bond acceptors (Lipinski definition) is 3. The Morgan fingerprint density at radius 3 is 2.61 bits per heavy atom. The number of rotatable bonds is 6. The molecule has 3 rings (SSSR count). The van der Waals surface area contributed by atoms with Crippen LogP contribution in [0, 0.1) is 5.82 Å². The highest BCUT2D eigenvalue weighted by atomic mass is 35.5. The van der Waals surface area contributed by atoms with Crippen molar-refractivity contribution >= 4 is 27.7 Å². The fraction of sp³-hybridized carbons (Fsp3) is 0.316. The maximum Gasteiger partial charge on any atom is 0.282 e. The SMILES string of the molecule is O=C(CN1CCCN(Cc2cccc(F)c2)S1(=O)=O)NCc1ccccc1Cl. The van der Waals surface area contributed by atoms with E-state index >= 15 is 0 Å². The number of hydrogen-bond donors (Lipinski definition) is 1. The van der Waals surface area contributed by atoms with Gasteiger partial charge in [0.2, 0.25) is 5.91 Å². The molecule has 28 heavy (non-hydrogen) atoms. The average Bonchev–Trinajstić information content (AvgIpc) is 2.65. The summed E-state index contributed by atoms with van der Waals surface area (Å²) in [7, 11) is -3.80. The van der Waals surface area contributed by atoms with Crippen LogP contribution in [-0.4, -0.2) is 42.6 Å². The summed E-state index contributed by atoms with van der Waals surface area (Å²) in [6, 6.07) is 13.0. The van der Waals surface area contributed by atoms with E-state index < -0.39 is 21.9 Å². The van der Waals surface area contributed by atoms with Gasteiger partial charge in [0.15, 0.2) is 0 Å². The predicted molar refractivity (Wildman–Crippen MR) is 105 cm³/mol. The van der Waals surface area contributed by atoms with Crippen molar-refractivity contribution in [2.75, 3.05) is 19.6 Å². The van der Waals surface area contributed by atoms with Gasteiger partial charge in [0.25, 0.3) is 10.2 Å². The summed E-state index contributed by atoms with van der Waals surface area (Å²) in [4.78, 5) is 12.3. The van der Waals surface area contributed by atoms with Gasteiger partial charge < -0.3 is 5.32 Å². The molecule has 1 N–H and O–H groups in total. The van der Waals surface area contributed by atoms with Crippen molar-refractivity contribution in [2.45, 2.75) is 19.5 Å². The van der Waals surface area contributed by atoms with E-state index in [0.29, 0.717) is 23.6 Å². The van der Waals surface area contributed by atoms with Crippen LogP contribution in [0.15, 0.2) is 48.5 Å². The summed E-state index contributed by atoms with van der Waals surface area (Å²) in [5, 5.41) is 3.24. The van der Waals surface area contributed by atoms with Crippen LogP contribution in [0.1, 0.15) is 17.5 Å². The lowest BCUT2D eigenvalue weighted by Gasteiger charge is -2.34. The van der Waals surface area contributed by atoms with Crippen molar-refractivity contribution in [2.24, 2.45) is 0 Å². The molecular formula is C19H21ClFN3O3S. The van der Waals surface area contributed by atoms with Crippen LogP contribution in [0.4, 0.5) is 4.39 Å². The van der Waals surface area contributed by atoms with E-state index in [2.05, 4.69) is 5.32 Å². The van der Waals surface area contributed by atoms with Crippen LogP contribution in [0.3, 0.4) is 0 Å². The van der Waals surface area contributed by atoms with Crippen LogP contribution in [0.5, 0.6) is 0 Å². The smallest absolute Gasteiger partial charge is 0.282 e. The van der Waals surface area contributed by atoms with Crippen molar-refractivity contribution in [3.63, 3.8) is 0 Å². The molecule has 0 bridgehead atoms. The van der Waals surface area contributed by atoms with Gasteiger partial charge in [-0.3, -0.25) is 4.79 Å². The number of carbonyl (C=O) groups excluding carboxylic acids is 1. The van der Waals surface area contributed by atoms with Gasteiger partial charge in [0.1, 0.15) is 5.82 Å². The van der Waals surface area contributed by atoms with Gasteiger partial charge in [0, 0.05) is 31.2 Å². The molecule has 1 heterocycles. The lowest BCUT2D eigenvalue weighted by atomic mass is 10.2. The minimum Gasteiger partial charge on any atom is -0.351 e. The maximum absolute atomic E-state index is 13.4. The molecule has 0 saturated carbocycles. The Morgan fingerprint density at radius 2 is 1.86 bits per heavy atom. The van der Waals surface area contributed by atoms with Crippen molar-refractivity contribution in [1.82, 2.24) is 13.9 Å². The van der Waals surface area contributed by atoms with E-state index in [1.165, 1.54) is 16.4 Å². The molecular weight excluding hydrogens is 405 g/mol. The molecule has 1 aliphatic heterocycles. The van der Waals surface area contributed by atoms with Gasteiger partial charge in [0.05, 0.1) is 6.54 Å². The first-order chi connectivity index (χ1) is 13.4. The number of halogens is 2. The third-order valence-corrected chi connectivity index (χ3v) is 6.77. The van der Waals surface area contributed by atoms with Gasteiger partial charge in [-0.1, -0.05) is 41.9 Å². The molecule has 1 amide bonds. The van der Waals surface area contributed by atoms with Crippen LogP contribution in [0.25, 0.3) is 0 Å². The highest BCUT2D eigenvalue weighted by molar-refractivity contribution is 7.86. The molecule has 0 radical (unpaired) electrons. The zero-order valence-electron chi connectivity index (χ0n) is 15.1. The quantitative estimate of drug-likeness (QED) is 0.773. The topological polar surface area (TPSA) is 69.7 Å². The van der Waals surface area contributed by atoms with Crippen LogP contribution in [0.2, 0.25) is 5.02 Å². The molecule has 0 unspecified atom stereocenters. The molecule has 1 aliphatic rings. The summed E-state index contributed by atoms with van der Waals surface area (Å²) in [5.41, 5.74) is 1.32. The Kier molecular flexibility index (Phi) is 6.66. The normalized spacial score (nSPS) is 17.4. The Bertz CT molecular complexity index is 955. The van der Waals surface area contributed by atoms with Gasteiger partial charge in [-0.2, -0.15) is 17.0 Å².